The molecule has 32 heavy (non-hydrogen) atoms. The maximum atomic E-state index is 13.2. The molecule has 0 aromatic heterocycles. The molecule has 0 saturated carbocycles. The van der Waals surface area contributed by atoms with Gasteiger partial charge in [0.1, 0.15) is 18.2 Å². The predicted octanol–water partition coefficient (Wildman–Crippen LogP) is 6.70. The number of halogens is 1. The van der Waals surface area contributed by atoms with E-state index in [0.717, 1.165) is 11.1 Å². The van der Waals surface area contributed by atoms with Gasteiger partial charge in [0.2, 0.25) is 0 Å². The summed E-state index contributed by atoms with van der Waals surface area (Å²) in [6.45, 7) is 10.4. The predicted molar refractivity (Wildman–Crippen MR) is 127 cm³/mol. The molecule has 0 fully saturated rings. The fourth-order valence-electron chi connectivity index (χ4n) is 2.92. The molecule has 0 amide bonds. The molecule has 1 atom stereocenters. The van der Waals surface area contributed by atoms with E-state index in [2.05, 4.69) is 11.9 Å². The third-order valence-corrected chi connectivity index (χ3v) is 4.50. The number of nitrogens with one attached hydrogen (secondary N) is 1. The summed E-state index contributed by atoms with van der Waals surface area (Å²) in [4.78, 5) is 12.3. The lowest BCUT2D eigenvalue weighted by atomic mass is 9.99. The Balaban J connectivity index is 0.00000176. The number of hydrogen-bond acceptors (Lipinski definition) is 4. The number of esters is 1. The third-order valence-electron chi connectivity index (χ3n) is 4.50. The molecule has 5 heteroatoms. The Kier molecular flexibility index (Phi) is 9.98. The molecular formula is C27H30FNO3. The van der Waals surface area contributed by atoms with Crippen LogP contribution >= 0.6 is 0 Å². The summed E-state index contributed by atoms with van der Waals surface area (Å²) < 4.78 is 24.2. The smallest absolute Gasteiger partial charge is 0.335 e. The average molecular weight is 436 g/mol. The fraction of sp³-hybridized carbons (Fsp3) is 0.222. The molecule has 0 aliphatic rings. The Morgan fingerprint density at radius 2 is 1.59 bits per heavy atom. The second-order valence-electron chi connectivity index (χ2n) is 6.67. The van der Waals surface area contributed by atoms with E-state index in [1.807, 2.05) is 68.4 Å². The number of hydrogen-bond donors (Lipinski definition) is 1. The van der Waals surface area contributed by atoms with Crippen LogP contribution in [0.2, 0.25) is 0 Å². The monoisotopic (exact) mass is 435 g/mol. The summed E-state index contributed by atoms with van der Waals surface area (Å²) in [6.07, 6.45) is 0. The van der Waals surface area contributed by atoms with Crippen molar-refractivity contribution in [3.05, 3.63) is 108 Å². The maximum Gasteiger partial charge on any atom is 0.335 e. The Bertz CT molecular complexity index is 970. The molecule has 0 bridgehead atoms. The van der Waals surface area contributed by atoms with Crippen molar-refractivity contribution < 1.29 is 18.7 Å². The molecule has 168 valence electrons. The van der Waals surface area contributed by atoms with E-state index in [-0.39, 0.29) is 18.0 Å². The van der Waals surface area contributed by atoms with Crippen LogP contribution < -0.4 is 10.1 Å². The molecule has 1 N–H and O–H groups in total. The molecule has 0 aliphatic heterocycles. The maximum absolute atomic E-state index is 13.2. The topological polar surface area (TPSA) is 47.6 Å². The van der Waals surface area contributed by atoms with Crippen molar-refractivity contribution in [3.8, 4) is 5.75 Å². The van der Waals surface area contributed by atoms with Gasteiger partial charge >= 0.3 is 5.97 Å². The first-order valence-electron chi connectivity index (χ1n) is 10.7. The number of benzene rings is 3. The van der Waals surface area contributed by atoms with Crippen LogP contribution in [0.15, 0.2) is 91.0 Å². The summed E-state index contributed by atoms with van der Waals surface area (Å²) in [7, 11) is 0. The summed E-state index contributed by atoms with van der Waals surface area (Å²) in [5.41, 5.74) is 2.81. The van der Waals surface area contributed by atoms with E-state index >= 15 is 0 Å². The number of ether oxygens (including phenoxy) is 2. The van der Waals surface area contributed by atoms with Gasteiger partial charge in [0.05, 0.1) is 18.2 Å². The zero-order valence-electron chi connectivity index (χ0n) is 18.8. The Morgan fingerprint density at radius 3 is 2.19 bits per heavy atom. The minimum absolute atomic E-state index is 0.257. The molecular weight excluding hydrogens is 405 g/mol. The zero-order valence-corrected chi connectivity index (χ0v) is 18.8. The van der Waals surface area contributed by atoms with Crippen molar-refractivity contribution in [2.75, 3.05) is 11.9 Å². The fourth-order valence-corrected chi connectivity index (χ4v) is 2.92. The van der Waals surface area contributed by atoms with Crippen LogP contribution in [0.25, 0.3) is 0 Å². The standard InChI is InChI=1S/C25H24FNO3.C2H6/c1-3-29-25(28)18(2)24(27-22-13-11-21(26)12-14-22)20-9-15-23(16-10-20)30-17-19-7-5-4-6-8-19;1-2/h4-16,24,27H,2-3,17H2,1H3;1-2H3. The molecule has 0 radical (unpaired) electrons. The quantitative estimate of drug-likeness (QED) is 0.300. The largest absolute Gasteiger partial charge is 0.489 e. The van der Waals surface area contributed by atoms with Crippen LogP contribution in [-0.2, 0) is 16.1 Å². The van der Waals surface area contributed by atoms with Gasteiger partial charge in [-0.3, -0.25) is 0 Å². The van der Waals surface area contributed by atoms with E-state index in [1.165, 1.54) is 12.1 Å². The highest BCUT2D eigenvalue weighted by Crippen LogP contribution is 2.28. The summed E-state index contributed by atoms with van der Waals surface area (Å²) >= 11 is 0. The number of carbonyl (C=O) groups excluding carboxylic acids is 1. The molecule has 3 aromatic rings. The Labute approximate surface area is 189 Å². The second kappa shape index (κ2) is 13.0. The van der Waals surface area contributed by atoms with Crippen LogP contribution in [-0.4, -0.2) is 12.6 Å². The van der Waals surface area contributed by atoms with Crippen molar-refractivity contribution in [2.24, 2.45) is 0 Å². The Hall–Kier alpha value is -3.60. The first-order chi connectivity index (χ1) is 15.6. The van der Waals surface area contributed by atoms with Gasteiger partial charge in [-0.15, -0.1) is 0 Å². The van der Waals surface area contributed by atoms with E-state index < -0.39 is 12.0 Å². The molecule has 0 heterocycles. The van der Waals surface area contributed by atoms with E-state index in [4.69, 9.17) is 9.47 Å². The molecule has 4 nitrogen and oxygen atoms in total. The van der Waals surface area contributed by atoms with Crippen molar-refractivity contribution in [2.45, 2.75) is 33.4 Å². The normalized spacial score (nSPS) is 10.9. The van der Waals surface area contributed by atoms with E-state index in [9.17, 15) is 9.18 Å². The van der Waals surface area contributed by atoms with Gasteiger partial charge in [-0.25, -0.2) is 9.18 Å². The van der Waals surface area contributed by atoms with Crippen molar-refractivity contribution in [1.29, 1.82) is 0 Å². The molecule has 1 unspecified atom stereocenters. The van der Waals surface area contributed by atoms with Gasteiger partial charge < -0.3 is 14.8 Å². The highest BCUT2D eigenvalue weighted by Gasteiger charge is 2.22. The first kappa shape index (κ1) is 24.7. The Morgan fingerprint density at radius 1 is 0.969 bits per heavy atom. The highest BCUT2D eigenvalue weighted by atomic mass is 19.1. The van der Waals surface area contributed by atoms with Crippen molar-refractivity contribution in [1.82, 2.24) is 0 Å². The van der Waals surface area contributed by atoms with E-state index in [0.29, 0.717) is 18.0 Å². The second-order valence-corrected chi connectivity index (χ2v) is 6.67. The first-order valence-corrected chi connectivity index (χ1v) is 10.7. The molecule has 3 aromatic carbocycles. The number of anilines is 1. The summed E-state index contributed by atoms with van der Waals surface area (Å²) in [5.74, 6) is -0.104. The molecule has 0 aliphatic carbocycles. The van der Waals surface area contributed by atoms with E-state index in [1.54, 1.807) is 19.1 Å². The van der Waals surface area contributed by atoms with Gasteiger partial charge in [0.25, 0.3) is 0 Å². The van der Waals surface area contributed by atoms with Crippen molar-refractivity contribution >= 4 is 11.7 Å². The van der Waals surface area contributed by atoms with Gasteiger partial charge in [-0.05, 0) is 54.4 Å². The SMILES string of the molecule is C=C(C(=O)OCC)C(Nc1ccc(F)cc1)c1ccc(OCc2ccccc2)cc1.CC. The van der Waals surface area contributed by atoms with Gasteiger partial charge in [-0.2, -0.15) is 0 Å². The molecule has 0 spiro atoms. The van der Waals surface area contributed by atoms with Crippen LogP contribution in [0.1, 0.15) is 37.9 Å². The number of carbonyl (C=O) groups is 1. The van der Waals surface area contributed by atoms with Crippen LogP contribution in [0.4, 0.5) is 10.1 Å². The zero-order chi connectivity index (χ0) is 23.3. The lowest BCUT2D eigenvalue weighted by Crippen LogP contribution is -2.20. The lowest BCUT2D eigenvalue weighted by Gasteiger charge is -2.22. The third kappa shape index (κ3) is 7.27. The van der Waals surface area contributed by atoms with Gasteiger partial charge in [-0.1, -0.05) is 62.9 Å². The van der Waals surface area contributed by atoms with Crippen molar-refractivity contribution in [3.63, 3.8) is 0 Å². The highest BCUT2D eigenvalue weighted by molar-refractivity contribution is 5.90. The summed E-state index contributed by atoms with van der Waals surface area (Å²) in [5, 5.41) is 3.23. The summed E-state index contributed by atoms with van der Waals surface area (Å²) in [6, 6.07) is 22.7. The molecule has 0 saturated heterocycles. The molecule has 3 rings (SSSR count). The van der Waals surface area contributed by atoms with Gasteiger partial charge in [0.15, 0.2) is 0 Å². The van der Waals surface area contributed by atoms with Crippen LogP contribution in [0.5, 0.6) is 5.75 Å². The van der Waals surface area contributed by atoms with Crippen LogP contribution in [0.3, 0.4) is 0 Å². The lowest BCUT2D eigenvalue weighted by molar-refractivity contribution is -0.138. The van der Waals surface area contributed by atoms with Gasteiger partial charge in [0, 0.05) is 5.69 Å². The minimum atomic E-state index is -0.530. The average Bonchev–Trinajstić information content (AvgIpc) is 2.84. The number of rotatable bonds is 9. The van der Waals surface area contributed by atoms with Crippen LogP contribution in [0, 0.1) is 5.82 Å². The minimum Gasteiger partial charge on any atom is -0.489 e.